The van der Waals surface area contributed by atoms with Crippen LogP contribution in [0, 0.1) is 25.6 Å². The highest BCUT2D eigenvalue weighted by Gasteiger charge is 2.60. The van der Waals surface area contributed by atoms with Gasteiger partial charge in [0.15, 0.2) is 0 Å². The minimum absolute atomic E-state index is 0.138. The molecule has 1 unspecified atom stereocenters. The molecule has 136 valence electrons. The van der Waals surface area contributed by atoms with Gasteiger partial charge in [-0.25, -0.2) is 4.39 Å². The Bertz CT molecular complexity index is 931. The lowest BCUT2D eigenvalue weighted by atomic mass is 9.85. The maximum absolute atomic E-state index is 13.9. The molecule has 3 aromatic rings. The van der Waals surface area contributed by atoms with Crippen molar-refractivity contribution >= 4 is 11.6 Å². The molecule has 1 fully saturated rings. The predicted octanol–water partition coefficient (Wildman–Crippen LogP) is 5.39. The van der Waals surface area contributed by atoms with Crippen LogP contribution in [0.25, 0.3) is 0 Å². The molecule has 1 amide bonds. The third kappa shape index (κ3) is 3.14. The Hall–Kier alpha value is -2.94. The molecule has 0 saturated heterocycles. The highest BCUT2D eigenvalue weighted by Crippen LogP contribution is 2.59. The lowest BCUT2D eigenvalue weighted by molar-refractivity contribution is -0.117. The van der Waals surface area contributed by atoms with Gasteiger partial charge in [0.25, 0.3) is 0 Å². The van der Waals surface area contributed by atoms with Crippen LogP contribution in [-0.4, -0.2) is 5.91 Å². The molecule has 3 aromatic carbocycles. The number of rotatable bonds is 4. The number of nitrogens with one attached hydrogen (secondary N) is 1. The second-order valence-electron chi connectivity index (χ2n) is 7.43. The van der Waals surface area contributed by atoms with Crippen molar-refractivity contribution in [2.75, 3.05) is 5.32 Å². The second-order valence-corrected chi connectivity index (χ2v) is 7.43. The quantitative estimate of drug-likeness (QED) is 0.665. The van der Waals surface area contributed by atoms with E-state index < -0.39 is 5.82 Å². The Morgan fingerprint density at radius 1 is 0.889 bits per heavy atom. The van der Waals surface area contributed by atoms with Crippen LogP contribution in [0.2, 0.25) is 0 Å². The van der Waals surface area contributed by atoms with Crippen molar-refractivity contribution in [3.05, 3.63) is 101 Å². The third-order valence-corrected chi connectivity index (χ3v) is 5.54. The molecule has 0 aliphatic heterocycles. The lowest BCUT2D eigenvalue weighted by Gasteiger charge is -2.19. The van der Waals surface area contributed by atoms with E-state index in [4.69, 9.17) is 0 Å². The number of para-hydroxylation sites is 1. The summed E-state index contributed by atoms with van der Waals surface area (Å²) in [4.78, 5) is 12.9. The first kappa shape index (κ1) is 17.5. The first-order valence-corrected chi connectivity index (χ1v) is 9.20. The average Bonchev–Trinajstić information content (AvgIpc) is 3.42. The second kappa shape index (κ2) is 6.66. The third-order valence-electron chi connectivity index (χ3n) is 5.54. The summed E-state index contributed by atoms with van der Waals surface area (Å²) < 4.78 is 13.9. The molecule has 0 heterocycles. The van der Waals surface area contributed by atoms with Gasteiger partial charge >= 0.3 is 0 Å². The van der Waals surface area contributed by atoms with Crippen LogP contribution < -0.4 is 5.32 Å². The minimum atomic E-state index is -0.414. The van der Waals surface area contributed by atoms with E-state index in [1.54, 1.807) is 18.2 Å². The topological polar surface area (TPSA) is 29.1 Å². The number of hydrogen-bond donors (Lipinski definition) is 1. The van der Waals surface area contributed by atoms with Gasteiger partial charge in [0.2, 0.25) is 5.91 Å². The van der Waals surface area contributed by atoms with Crippen molar-refractivity contribution in [2.45, 2.75) is 25.7 Å². The summed E-state index contributed by atoms with van der Waals surface area (Å²) in [6, 6.07) is 23.0. The Balaban J connectivity index is 1.69. The molecule has 3 heteroatoms. The Labute approximate surface area is 159 Å². The molecule has 1 atom stereocenters. The van der Waals surface area contributed by atoms with Crippen LogP contribution in [0.1, 0.15) is 28.7 Å². The zero-order valence-corrected chi connectivity index (χ0v) is 15.5. The zero-order chi connectivity index (χ0) is 19.0. The molecule has 4 rings (SSSR count). The minimum Gasteiger partial charge on any atom is -0.323 e. The largest absolute Gasteiger partial charge is 0.323 e. The zero-order valence-electron chi connectivity index (χ0n) is 15.5. The summed E-state index contributed by atoms with van der Waals surface area (Å²) in [6.07, 6.45) is 0.722. The number of halogens is 1. The molecular formula is C24H22FNO. The molecule has 27 heavy (non-hydrogen) atoms. The molecule has 1 N–H and O–H groups in total. The van der Waals surface area contributed by atoms with Crippen molar-refractivity contribution in [2.24, 2.45) is 5.92 Å². The number of aryl methyl sites for hydroxylation is 2. The monoisotopic (exact) mass is 359 g/mol. The standard InChI is InChI=1S/C24H22FNO/c1-16-7-11-18(12-8-16)24(19-13-9-17(2)10-14-19)15-20(24)23(27)26-22-6-4-3-5-21(22)25/h3-14,20H,15H2,1-2H3,(H,26,27). The van der Waals surface area contributed by atoms with E-state index in [1.807, 2.05) is 0 Å². The van der Waals surface area contributed by atoms with E-state index in [0.29, 0.717) is 0 Å². The normalized spacial score (nSPS) is 17.4. The van der Waals surface area contributed by atoms with E-state index >= 15 is 0 Å². The summed E-state index contributed by atoms with van der Waals surface area (Å²) in [5, 5.41) is 2.78. The molecule has 1 aliphatic carbocycles. The van der Waals surface area contributed by atoms with Crippen LogP contribution in [0.15, 0.2) is 72.8 Å². The summed E-state index contributed by atoms with van der Waals surface area (Å²) >= 11 is 0. The van der Waals surface area contributed by atoms with Crippen molar-refractivity contribution in [1.82, 2.24) is 0 Å². The maximum atomic E-state index is 13.9. The van der Waals surface area contributed by atoms with E-state index in [1.165, 1.54) is 17.2 Å². The Morgan fingerprint density at radius 3 is 1.93 bits per heavy atom. The fourth-order valence-electron chi connectivity index (χ4n) is 3.87. The molecular weight excluding hydrogens is 337 g/mol. The highest BCUT2D eigenvalue weighted by atomic mass is 19.1. The van der Waals surface area contributed by atoms with Gasteiger partial charge in [-0.05, 0) is 43.5 Å². The van der Waals surface area contributed by atoms with Gasteiger partial charge in [-0.1, -0.05) is 71.8 Å². The number of amides is 1. The average molecular weight is 359 g/mol. The van der Waals surface area contributed by atoms with Crippen LogP contribution in [0.3, 0.4) is 0 Å². The summed E-state index contributed by atoms with van der Waals surface area (Å²) in [5.74, 6) is -0.772. The SMILES string of the molecule is Cc1ccc(C2(c3ccc(C)cc3)CC2C(=O)Nc2ccccc2F)cc1. The lowest BCUT2D eigenvalue weighted by Crippen LogP contribution is -2.22. The van der Waals surface area contributed by atoms with Gasteiger partial charge in [-0.3, -0.25) is 4.79 Å². The fourth-order valence-corrected chi connectivity index (χ4v) is 3.87. The number of hydrogen-bond acceptors (Lipinski definition) is 1. The van der Waals surface area contributed by atoms with Crippen molar-refractivity contribution < 1.29 is 9.18 Å². The number of carbonyl (C=O) groups excluding carboxylic acids is 1. The van der Waals surface area contributed by atoms with Crippen LogP contribution in [-0.2, 0) is 10.2 Å². The summed E-state index contributed by atoms with van der Waals surface area (Å²) in [5.41, 5.74) is 4.51. The number of anilines is 1. The van der Waals surface area contributed by atoms with E-state index in [0.717, 1.165) is 17.5 Å². The van der Waals surface area contributed by atoms with Gasteiger partial charge < -0.3 is 5.32 Å². The molecule has 0 aromatic heterocycles. The Kier molecular flexibility index (Phi) is 4.31. The van der Waals surface area contributed by atoms with Gasteiger partial charge in [0.1, 0.15) is 5.82 Å². The Morgan fingerprint density at radius 2 is 1.41 bits per heavy atom. The van der Waals surface area contributed by atoms with Crippen molar-refractivity contribution in [3.63, 3.8) is 0 Å². The molecule has 1 aliphatic rings. The van der Waals surface area contributed by atoms with Crippen molar-refractivity contribution in [3.8, 4) is 0 Å². The maximum Gasteiger partial charge on any atom is 0.228 e. The van der Waals surface area contributed by atoms with Crippen LogP contribution in [0.4, 0.5) is 10.1 Å². The first-order valence-electron chi connectivity index (χ1n) is 9.20. The first-order chi connectivity index (χ1) is 13.0. The molecule has 0 bridgehead atoms. The molecule has 2 nitrogen and oxygen atoms in total. The number of benzene rings is 3. The van der Waals surface area contributed by atoms with E-state index in [9.17, 15) is 9.18 Å². The molecule has 0 spiro atoms. The highest BCUT2D eigenvalue weighted by molar-refractivity contribution is 5.97. The van der Waals surface area contributed by atoms with Crippen LogP contribution >= 0.6 is 0 Å². The van der Waals surface area contributed by atoms with Gasteiger partial charge in [-0.15, -0.1) is 0 Å². The summed E-state index contributed by atoms with van der Waals surface area (Å²) in [7, 11) is 0. The van der Waals surface area contributed by atoms with Crippen molar-refractivity contribution in [1.29, 1.82) is 0 Å². The smallest absolute Gasteiger partial charge is 0.228 e. The van der Waals surface area contributed by atoms with Gasteiger partial charge in [0, 0.05) is 5.41 Å². The van der Waals surface area contributed by atoms with E-state index in [2.05, 4.69) is 67.7 Å². The van der Waals surface area contributed by atoms with E-state index in [-0.39, 0.29) is 22.9 Å². The summed E-state index contributed by atoms with van der Waals surface area (Å²) in [6.45, 7) is 4.11. The van der Waals surface area contributed by atoms with Gasteiger partial charge in [0.05, 0.1) is 11.6 Å². The molecule has 0 radical (unpaired) electrons. The number of carbonyl (C=O) groups is 1. The van der Waals surface area contributed by atoms with Gasteiger partial charge in [-0.2, -0.15) is 0 Å². The van der Waals surface area contributed by atoms with Crippen LogP contribution in [0.5, 0.6) is 0 Å². The molecule has 1 saturated carbocycles. The fraction of sp³-hybridized carbons (Fsp3) is 0.208. The predicted molar refractivity (Wildman–Crippen MR) is 106 cm³/mol.